The van der Waals surface area contributed by atoms with Gasteiger partial charge in [-0.1, -0.05) is 29.8 Å². The van der Waals surface area contributed by atoms with Crippen molar-refractivity contribution in [1.82, 2.24) is 0 Å². The minimum Gasteiger partial charge on any atom is -0.396 e. The summed E-state index contributed by atoms with van der Waals surface area (Å²) in [6.07, 6.45) is 0. The number of nitrogens with one attached hydrogen (secondary N) is 1. The summed E-state index contributed by atoms with van der Waals surface area (Å²) in [6.45, 7) is 7.40. The maximum Gasteiger partial charge on any atom is 0.0478 e. The van der Waals surface area contributed by atoms with Crippen LogP contribution in [0.4, 0.5) is 5.69 Å². The first-order valence-corrected chi connectivity index (χ1v) is 6.44. The zero-order chi connectivity index (χ0) is 12.1. The summed E-state index contributed by atoms with van der Waals surface area (Å²) < 4.78 is 1.10. The van der Waals surface area contributed by atoms with Crippen molar-refractivity contribution < 1.29 is 5.11 Å². The highest BCUT2D eigenvalue weighted by atomic mass is 79.9. The Bertz CT molecular complexity index is 339. The first-order chi connectivity index (χ1) is 7.54. The number of rotatable bonds is 5. The SMILES string of the molecule is Cc1cc(Br)ccc1NCC(CO)C(C)C. The number of aryl methyl sites for hydroxylation is 1. The molecule has 0 heterocycles. The van der Waals surface area contributed by atoms with Crippen molar-refractivity contribution in [1.29, 1.82) is 0 Å². The van der Waals surface area contributed by atoms with Crippen molar-refractivity contribution in [3.05, 3.63) is 28.2 Å². The summed E-state index contributed by atoms with van der Waals surface area (Å²) in [5.74, 6) is 0.802. The lowest BCUT2D eigenvalue weighted by Gasteiger charge is -2.20. The van der Waals surface area contributed by atoms with Gasteiger partial charge in [0.1, 0.15) is 0 Å². The van der Waals surface area contributed by atoms with Crippen molar-refractivity contribution in [3.8, 4) is 0 Å². The van der Waals surface area contributed by atoms with Crippen LogP contribution in [-0.4, -0.2) is 18.3 Å². The maximum absolute atomic E-state index is 9.24. The smallest absolute Gasteiger partial charge is 0.0478 e. The number of benzene rings is 1. The second kappa shape index (κ2) is 6.26. The monoisotopic (exact) mass is 285 g/mol. The molecule has 0 radical (unpaired) electrons. The molecule has 0 fully saturated rings. The van der Waals surface area contributed by atoms with E-state index in [1.807, 2.05) is 6.07 Å². The predicted octanol–water partition coefficient (Wildman–Crippen LogP) is 3.43. The third-order valence-electron chi connectivity index (χ3n) is 2.92. The molecular weight excluding hydrogens is 266 g/mol. The van der Waals surface area contributed by atoms with Gasteiger partial charge in [0, 0.05) is 29.2 Å². The van der Waals surface area contributed by atoms with Crippen LogP contribution in [0.3, 0.4) is 0 Å². The summed E-state index contributed by atoms with van der Waals surface area (Å²) in [5, 5.41) is 12.6. The fourth-order valence-electron chi connectivity index (χ4n) is 1.58. The summed E-state index contributed by atoms with van der Waals surface area (Å²) in [4.78, 5) is 0. The van der Waals surface area contributed by atoms with Crippen LogP contribution < -0.4 is 5.32 Å². The Hall–Kier alpha value is -0.540. The molecule has 0 saturated heterocycles. The molecule has 1 aromatic rings. The van der Waals surface area contributed by atoms with Crippen molar-refractivity contribution in [2.45, 2.75) is 20.8 Å². The van der Waals surface area contributed by atoms with Gasteiger partial charge in [-0.25, -0.2) is 0 Å². The van der Waals surface area contributed by atoms with Gasteiger partial charge < -0.3 is 10.4 Å². The third kappa shape index (κ3) is 3.80. The van der Waals surface area contributed by atoms with E-state index in [1.165, 1.54) is 5.56 Å². The first kappa shape index (κ1) is 13.5. The highest BCUT2D eigenvalue weighted by Gasteiger charge is 2.12. The van der Waals surface area contributed by atoms with E-state index >= 15 is 0 Å². The van der Waals surface area contributed by atoms with Gasteiger partial charge in [0.05, 0.1) is 0 Å². The molecule has 1 aromatic carbocycles. The molecule has 2 nitrogen and oxygen atoms in total. The molecule has 1 unspecified atom stereocenters. The second-order valence-electron chi connectivity index (χ2n) is 4.53. The van der Waals surface area contributed by atoms with Crippen LogP contribution in [0.5, 0.6) is 0 Å². The molecule has 1 atom stereocenters. The van der Waals surface area contributed by atoms with Crippen LogP contribution >= 0.6 is 15.9 Å². The number of anilines is 1. The van der Waals surface area contributed by atoms with Crippen molar-refractivity contribution in [3.63, 3.8) is 0 Å². The maximum atomic E-state index is 9.24. The standard InChI is InChI=1S/C13H20BrNO/c1-9(2)11(8-16)7-15-13-5-4-12(14)6-10(13)3/h4-6,9,11,15-16H,7-8H2,1-3H3. The second-order valence-corrected chi connectivity index (χ2v) is 5.44. The van der Waals surface area contributed by atoms with Crippen LogP contribution in [0.15, 0.2) is 22.7 Å². The van der Waals surface area contributed by atoms with Gasteiger partial charge in [-0.15, -0.1) is 0 Å². The molecule has 0 bridgehead atoms. The molecule has 0 saturated carbocycles. The van der Waals surface area contributed by atoms with Crippen molar-refractivity contribution in [2.75, 3.05) is 18.5 Å². The van der Waals surface area contributed by atoms with Gasteiger partial charge in [-0.2, -0.15) is 0 Å². The zero-order valence-electron chi connectivity index (χ0n) is 10.1. The van der Waals surface area contributed by atoms with Gasteiger partial charge in [-0.05, 0) is 36.6 Å². The Morgan fingerprint density at radius 3 is 2.56 bits per heavy atom. The van der Waals surface area contributed by atoms with Crippen LogP contribution in [0, 0.1) is 18.8 Å². The zero-order valence-corrected chi connectivity index (χ0v) is 11.7. The van der Waals surface area contributed by atoms with Crippen molar-refractivity contribution >= 4 is 21.6 Å². The predicted molar refractivity (Wildman–Crippen MR) is 72.8 cm³/mol. The molecule has 3 heteroatoms. The lowest BCUT2D eigenvalue weighted by molar-refractivity contribution is 0.198. The molecule has 0 spiro atoms. The van der Waals surface area contributed by atoms with E-state index in [9.17, 15) is 5.11 Å². The quantitative estimate of drug-likeness (QED) is 0.869. The Morgan fingerprint density at radius 1 is 1.38 bits per heavy atom. The Kier molecular flexibility index (Phi) is 5.29. The fourth-order valence-corrected chi connectivity index (χ4v) is 2.05. The largest absolute Gasteiger partial charge is 0.396 e. The van der Waals surface area contributed by atoms with Gasteiger partial charge in [-0.3, -0.25) is 0 Å². The molecule has 2 N–H and O–H groups in total. The molecule has 0 aliphatic carbocycles. The van der Waals surface area contributed by atoms with Gasteiger partial charge >= 0.3 is 0 Å². The lowest BCUT2D eigenvalue weighted by atomic mass is 9.96. The highest BCUT2D eigenvalue weighted by molar-refractivity contribution is 9.10. The van der Waals surface area contributed by atoms with Crippen LogP contribution in [-0.2, 0) is 0 Å². The topological polar surface area (TPSA) is 32.3 Å². The molecule has 90 valence electrons. The fraction of sp³-hybridized carbons (Fsp3) is 0.538. The number of hydrogen-bond acceptors (Lipinski definition) is 2. The van der Waals surface area contributed by atoms with E-state index in [0.29, 0.717) is 11.8 Å². The minimum atomic E-state index is 0.236. The number of halogens is 1. The Balaban J connectivity index is 2.60. The molecule has 1 rings (SSSR count). The summed E-state index contributed by atoms with van der Waals surface area (Å²) >= 11 is 3.45. The van der Waals surface area contributed by atoms with Gasteiger partial charge in [0.2, 0.25) is 0 Å². The number of hydrogen-bond donors (Lipinski definition) is 2. The highest BCUT2D eigenvalue weighted by Crippen LogP contribution is 2.21. The number of aliphatic hydroxyl groups is 1. The normalized spacial score (nSPS) is 12.9. The van der Waals surface area contributed by atoms with E-state index in [1.54, 1.807) is 0 Å². The molecular formula is C13H20BrNO. The van der Waals surface area contributed by atoms with E-state index in [0.717, 1.165) is 16.7 Å². The average molecular weight is 286 g/mol. The van der Waals surface area contributed by atoms with E-state index < -0.39 is 0 Å². The van der Waals surface area contributed by atoms with Gasteiger partial charge in [0.15, 0.2) is 0 Å². The first-order valence-electron chi connectivity index (χ1n) is 5.65. The minimum absolute atomic E-state index is 0.236. The summed E-state index contributed by atoms with van der Waals surface area (Å²) in [5.41, 5.74) is 2.36. The number of aliphatic hydroxyl groups excluding tert-OH is 1. The lowest BCUT2D eigenvalue weighted by Crippen LogP contribution is -2.23. The van der Waals surface area contributed by atoms with Crippen LogP contribution in [0.2, 0.25) is 0 Å². The average Bonchev–Trinajstić information content (AvgIpc) is 2.21. The van der Waals surface area contributed by atoms with Crippen LogP contribution in [0.1, 0.15) is 19.4 Å². The Labute approximate surface area is 106 Å². The van der Waals surface area contributed by atoms with Gasteiger partial charge in [0.25, 0.3) is 0 Å². The molecule has 0 aliphatic heterocycles. The van der Waals surface area contributed by atoms with Crippen molar-refractivity contribution in [2.24, 2.45) is 11.8 Å². The molecule has 0 aliphatic rings. The third-order valence-corrected chi connectivity index (χ3v) is 3.41. The summed E-state index contributed by atoms with van der Waals surface area (Å²) in [7, 11) is 0. The van der Waals surface area contributed by atoms with Crippen LogP contribution in [0.25, 0.3) is 0 Å². The molecule has 16 heavy (non-hydrogen) atoms. The molecule has 0 amide bonds. The summed E-state index contributed by atoms with van der Waals surface area (Å²) in [6, 6.07) is 6.18. The van der Waals surface area contributed by atoms with E-state index in [2.05, 4.69) is 54.2 Å². The van der Waals surface area contributed by atoms with E-state index in [-0.39, 0.29) is 6.61 Å². The molecule has 0 aromatic heterocycles. The van der Waals surface area contributed by atoms with E-state index in [4.69, 9.17) is 0 Å². The Morgan fingerprint density at radius 2 is 2.06 bits per heavy atom.